The van der Waals surface area contributed by atoms with Gasteiger partial charge in [-0.3, -0.25) is 0 Å². The predicted molar refractivity (Wildman–Crippen MR) is 80.3 cm³/mol. The minimum Gasteiger partial charge on any atom is -0.492 e. The van der Waals surface area contributed by atoms with Gasteiger partial charge < -0.3 is 10.1 Å². The Morgan fingerprint density at radius 3 is 3.06 bits per heavy atom. The molecule has 0 amide bonds. The van der Waals surface area contributed by atoms with E-state index in [0.717, 1.165) is 24.3 Å². The highest BCUT2D eigenvalue weighted by atomic mass is 35.5. The number of ether oxygens (including phenoxy) is 1. The van der Waals surface area contributed by atoms with Gasteiger partial charge in [0.25, 0.3) is 0 Å². The molecular weight excluding hydrogens is 289 g/mol. The van der Waals surface area contributed by atoms with Crippen LogP contribution in [-0.2, 0) is 0 Å². The first-order valence-corrected chi connectivity index (χ1v) is 8.21. The second-order valence-electron chi connectivity index (χ2n) is 4.30. The van der Waals surface area contributed by atoms with Gasteiger partial charge in [-0.15, -0.1) is 0 Å². The average molecular weight is 306 g/mol. The lowest BCUT2D eigenvalue weighted by atomic mass is 10.0. The molecule has 2 rings (SSSR count). The van der Waals surface area contributed by atoms with Gasteiger partial charge in [-0.1, -0.05) is 23.2 Å². The molecule has 1 aliphatic rings. The Morgan fingerprint density at radius 2 is 2.28 bits per heavy atom. The van der Waals surface area contributed by atoms with E-state index < -0.39 is 0 Å². The molecule has 1 aromatic rings. The molecule has 100 valence electrons. The molecule has 1 atom stereocenters. The molecule has 1 heterocycles. The number of rotatable bonds is 5. The third-order valence-electron chi connectivity index (χ3n) is 2.98. The van der Waals surface area contributed by atoms with Crippen LogP contribution in [0.1, 0.15) is 24.4 Å². The molecule has 1 unspecified atom stereocenters. The molecule has 0 radical (unpaired) electrons. The highest BCUT2D eigenvalue weighted by Gasteiger charge is 2.23. The van der Waals surface area contributed by atoms with Gasteiger partial charge in [0.1, 0.15) is 5.75 Å². The van der Waals surface area contributed by atoms with Gasteiger partial charge in [-0.25, -0.2) is 0 Å². The average Bonchev–Trinajstić information content (AvgIpc) is 2.35. The summed E-state index contributed by atoms with van der Waals surface area (Å²) in [6, 6.07) is 3.98. The van der Waals surface area contributed by atoms with E-state index >= 15 is 0 Å². The lowest BCUT2D eigenvalue weighted by Crippen LogP contribution is -2.28. The number of thioether (sulfide) groups is 1. The highest BCUT2D eigenvalue weighted by Crippen LogP contribution is 2.39. The maximum atomic E-state index is 6.16. The van der Waals surface area contributed by atoms with Gasteiger partial charge in [0, 0.05) is 23.0 Å². The molecule has 0 bridgehead atoms. The van der Waals surface area contributed by atoms with Crippen LogP contribution in [0.25, 0.3) is 0 Å². The Morgan fingerprint density at radius 1 is 1.44 bits per heavy atom. The standard InChI is InChI=1S/C13H17Cl2NOS/c1-18-6-2-4-16-12-3-5-17-13-10(12)7-9(14)8-11(13)15/h7-8,12,16H,2-6H2,1H3. The quantitative estimate of drug-likeness (QED) is 0.825. The van der Waals surface area contributed by atoms with Crippen molar-refractivity contribution >= 4 is 35.0 Å². The van der Waals surface area contributed by atoms with E-state index in [4.69, 9.17) is 27.9 Å². The summed E-state index contributed by atoms with van der Waals surface area (Å²) in [4.78, 5) is 0. The zero-order chi connectivity index (χ0) is 13.0. The van der Waals surface area contributed by atoms with Crippen LogP contribution < -0.4 is 10.1 Å². The molecule has 1 N–H and O–H groups in total. The molecule has 2 nitrogen and oxygen atoms in total. The lowest BCUT2D eigenvalue weighted by molar-refractivity contribution is 0.253. The number of benzene rings is 1. The molecule has 0 spiro atoms. The van der Waals surface area contributed by atoms with Gasteiger partial charge in [-0.2, -0.15) is 11.8 Å². The third kappa shape index (κ3) is 3.47. The topological polar surface area (TPSA) is 21.3 Å². The van der Waals surface area contributed by atoms with Crippen molar-refractivity contribution in [1.82, 2.24) is 5.32 Å². The fraction of sp³-hybridized carbons (Fsp3) is 0.538. The third-order valence-corrected chi connectivity index (χ3v) is 4.18. The van der Waals surface area contributed by atoms with Crippen LogP contribution in [0.3, 0.4) is 0 Å². The van der Waals surface area contributed by atoms with E-state index in [1.165, 1.54) is 12.2 Å². The smallest absolute Gasteiger partial charge is 0.142 e. The van der Waals surface area contributed by atoms with E-state index in [-0.39, 0.29) is 0 Å². The highest BCUT2D eigenvalue weighted by molar-refractivity contribution is 7.98. The maximum absolute atomic E-state index is 6.16. The van der Waals surface area contributed by atoms with Crippen LogP contribution >= 0.6 is 35.0 Å². The van der Waals surface area contributed by atoms with Gasteiger partial charge in [0.2, 0.25) is 0 Å². The number of hydrogen-bond donors (Lipinski definition) is 1. The zero-order valence-electron chi connectivity index (χ0n) is 10.3. The van der Waals surface area contributed by atoms with Crippen molar-refractivity contribution in [1.29, 1.82) is 0 Å². The van der Waals surface area contributed by atoms with E-state index in [1.807, 2.05) is 17.8 Å². The first-order valence-electron chi connectivity index (χ1n) is 6.06. The molecule has 0 saturated carbocycles. The summed E-state index contributed by atoms with van der Waals surface area (Å²) in [6.07, 6.45) is 4.26. The van der Waals surface area contributed by atoms with Crippen molar-refractivity contribution in [2.24, 2.45) is 0 Å². The first-order chi connectivity index (χ1) is 8.72. The summed E-state index contributed by atoms with van der Waals surface area (Å²) in [5, 5.41) is 4.83. The Balaban J connectivity index is 2.07. The molecule has 1 aliphatic heterocycles. The van der Waals surface area contributed by atoms with Crippen molar-refractivity contribution in [3.8, 4) is 5.75 Å². The molecule has 18 heavy (non-hydrogen) atoms. The molecule has 1 aromatic carbocycles. The van der Waals surface area contributed by atoms with Crippen molar-refractivity contribution < 1.29 is 4.74 Å². The number of hydrogen-bond acceptors (Lipinski definition) is 3. The minimum atomic E-state index is 0.298. The zero-order valence-corrected chi connectivity index (χ0v) is 12.7. The van der Waals surface area contributed by atoms with Crippen molar-refractivity contribution in [2.75, 3.05) is 25.2 Å². The van der Waals surface area contributed by atoms with Crippen LogP contribution in [-0.4, -0.2) is 25.2 Å². The fourth-order valence-electron chi connectivity index (χ4n) is 2.13. The maximum Gasteiger partial charge on any atom is 0.142 e. The summed E-state index contributed by atoms with van der Waals surface area (Å²) in [6.45, 7) is 1.71. The molecule has 0 saturated heterocycles. The molecular formula is C13H17Cl2NOS. The predicted octanol–water partition coefficient (Wildman–Crippen LogP) is 4.16. The summed E-state index contributed by atoms with van der Waals surface area (Å²) in [7, 11) is 0. The van der Waals surface area contributed by atoms with Crippen LogP contribution in [0.4, 0.5) is 0 Å². The molecule has 0 aliphatic carbocycles. The van der Waals surface area contributed by atoms with Crippen LogP contribution in [0.5, 0.6) is 5.75 Å². The van der Waals surface area contributed by atoms with E-state index in [1.54, 1.807) is 6.07 Å². The Labute approximate surface area is 122 Å². The van der Waals surface area contributed by atoms with Crippen LogP contribution in [0.2, 0.25) is 10.0 Å². The van der Waals surface area contributed by atoms with Crippen LogP contribution in [0.15, 0.2) is 12.1 Å². The lowest BCUT2D eigenvalue weighted by Gasteiger charge is -2.27. The normalized spacial score (nSPS) is 18.3. The number of fused-ring (bicyclic) bond motifs is 1. The SMILES string of the molecule is CSCCCNC1CCOc2c(Cl)cc(Cl)cc21. The van der Waals surface area contributed by atoms with Crippen LogP contribution in [0, 0.1) is 0 Å². The fourth-order valence-corrected chi connectivity index (χ4v) is 3.13. The Kier molecular flexibility index (Phi) is 5.49. The minimum absolute atomic E-state index is 0.298. The number of halogens is 2. The first kappa shape index (κ1) is 14.3. The summed E-state index contributed by atoms with van der Waals surface area (Å²) in [5.41, 5.74) is 1.09. The summed E-state index contributed by atoms with van der Waals surface area (Å²) < 4.78 is 5.63. The molecule has 0 fully saturated rings. The van der Waals surface area contributed by atoms with Gasteiger partial charge >= 0.3 is 0 Å². The Bertz CT molecular complexity index is 414. The number of nitrogens with one attached hydrogen (secondary N) is 1. The van der Waals surface area contributed by atoms with Gasteiger partial charge in [0.05, 0.1) is 11.6 Å². The van der Waals surface area contributed by atoms with E-state index in [9.17, 15) is 0 Å². The Hall–Kier alpha value is -0.0900. The largest absolute Gasteiger partial charge is 0.492 e. The van der Waals surface area contributed by atoms with E-state index in [2.05, 4.69) is 11.6 Å². The molecule has 5 heteroatoms. The van der Waals surface area contributed by atoms with Crippen molar-refractivity contribution in [2.45, 2.75) is 18.9 Å². The van der Waals surface area contributed by atoms with E-state index in [0.29, 0.717) is 22.7 Å². The second-order valence-corrected chi connectivity index (χ2v) is 6.13. The summed E-state index contributed by atoms with van der Waals surface area (Å²) >= 11 is 14.1. The summed E-state index contributed by atoms with van der Waals surface area (Å²) in [5.74, 6) is 1.97. The van der Waals surface area contributed by atoms with Crippen molar-refractivity contribution in [3.63, 3.8) is 0 Å². The molecule has 0 aromatic heterocycles. The monoisotopic (exact) mass is 305 g/mol. The van der Waals surface area contributed by atoms with Gasteiger partial charge in [0.15, 0.2) is 0 Å². The van der Waals surface area contributed by atoms with Gasteiger partial charge in [-0.05, 0) is 37.1 Å². The van der Waals surface area contributed by atoms with Crippen molar-refractivity contribution in [3.05, 3.63) is 27.7 Å². The second kappa shape index (κ2) is 6.90.